The molecule has 0 bridgehead atoms. The Morgan fingerprint density at radius 3 is 2.00 bits per heavy atom. The molecule has 0 heterocycles. The lowest BCUT2D eigenvalue weighted by molar-refractivity contribution is -0.137. The maximum absolute atomic E-state index is 10.7. The number of carbonyl (C=O) groups is 1. The molecule has 25 heavy (non-hydrogen) atoms. The monoisotopic (exact) mass is 351 g/mol. The molecule has 0 fully saturated rings. The standard InChI is InChI=1S/C22H27O2Si/c23-22(24)14-8-7-13-20(15-18-9-3-1-4-10-18)17-21(25)16-19-11-5-2-6-12-19/h1-6,9-12,20-21H,7-8,13-17H2,(H,23,24). The Labute approximate surface area is 154 Å². The third-order valence-corrected chi connectivity index (χ3v) is 5.00. The second-order valence-electron chi connectivity index (χ2n) is 6.82. The van der Waals surface area contributed by atoms with Gasteiger partial charge in [-0.1, -0.05) is 79.9 Å². The lowest BCUT2D eigenvalue weighted by Crippen LogP contribution is -2.11. The van der Waals surface area contributed by atoms with Gasteiger partial charge in [-0.2, -0.15) is 0 Å². The van der Waals surface area contributed by atoms with Crippen LogP contribution in [0.1, 0.15) is 43.2 Å². The quantitative estimate of drug-likeness (QED) is 0.453. The molecule has 2 aromatic carbocycles. The van der Waals surface area contributed by atoms with Crippen LogP contribution in [0.3, 0.4) is 0 Å². The van der Waals surface area contributed by atoms with Gasteiger partial charge >= 0.3 is 5.97 Å². The number of hydrogen-bond donors (Lipinski definition) is 1. The molecule has 3 heteroatoms. The van der Waals surface area contributed by atoms with E-state index in [1.54, 1.807) is 0 Å². The van der Waals surface area contributed by atoms with Crippen LogP contribution in [-0.4, -0.2) is 21.3 Å². The molecule has 2 atom stereocenters. The summed E-state index contributed by atoms with van der Waals surface area (Å²) in [5.74, 6) is -0.121. The molecule has 2 aromatic rings. The first-order valence-electron chi connectivity index (χ1n) is 9.14. The number of benzene rings is 2. The Bertz CT molecular complexity index is 612. The van der Waals surface area contributed by atoms with Crippen LogP contribution in [0.15, 0.2) is 60.7 Å². The summed E-state index contributed by atoms with van der Waals surface area (Å²) in [6.45, 7) is 0. The van der Waals surface area contributed by atoms with E-state index in [9.17, 15) is 4.79 Å². The second kappa shape index (κ2) is 10.9. The van der Waals surface area contributed by atoms with Crippen molar-refractivity contribution in [3.63, 3.8) is 0 Å². The molecule has 0 amide bonds. The smallest absolute Gasteiger partial charge is 0.303 e. The summed E-state index contributed by atoms with van der Waals surface area (Å²) >= 11 is 0. The molecule has 1 N–H and O–H groups in total. The summed E-state index contributed by atoms with van der Waals surface area (Å²) in [4.78, 5) is 10.7. The predicted molar refractivity (Wildman–Crippen MR) is 104 cm³/mol. The Hall–Kier alpha value is -1.87. The van der Waals surface area contributed by atoms with Gasteiger partial charge in [0.15, 0.2) is 0 Å². The fourth-order valence-electron chi connectivity index (χ4n) is 3.34. The Balaban J connectivity index is 1.89. The number of carboxylic acids is 1. The van der Waals surface area contributed by atoms with E-state index in [1.165, 1.54) is 11.1 Å². The molecule has 0 aromatic heterocycles. The van der Waals surface area contributed by atoms with Gasteiger partial charge in [-0.25, -0.2) is 0 Å². The normalized spacial score (nSPS) is 13.3. The minimum Gasteiger partial charge on any atom is -0.481 e. The average molecular weight is 352 g/mol. The molecule has 3 radical (unpaired) electrons. The maximum atomic E-state index is 10.7. The highest BCUT2D eigenvalue weighted by atomic mass is 28.1. The van der Waals surface area contributed by atoms with Gasteiger partial charge in [0, 0.05) is 16.7 Å². The van der Waals surface area contributed by atoms with Gasteiger partial charge in [0.25, 0.3) is 0 Å². The number of carboxylic acid groups (broad SMARTS) is 1. The van der Waals surface area contributed by atoms with E-state index in [4.69, 9.17) is 5.11 Å². The van der Waals surface area contributed by atoms with Crippen molar-refractivity contribution in [2.45, 2.75) is 50.5 Å². The van der Waals surface area contributed by atoms with Crippen LogP contribution in [0.5, 0.6) is 0 Å². The summed E-state index contributed by atoms with van der Waals surface area (Å²) in [6.07, 6.45) is 6.30. The molecule has 2 rings (SSSR count). The zero-order valence-electron chi connectivity index (χ0n) is 14.7. The average Bonchev–Trinajstić information content (AvgIpc) is 2.60. The van der Waals surface area contributed by atoms with Crippen LogP contribution in [0.2, 0.25) is 5.54 Å². The van der Waals surface area contributed by atoms with Crippen LogP contribution < -0.4 is 0 Å². The van der Waals surface area contributed by atoms with Crippen LogP contribution >= 0.6 is 0 Å². The van der Waals surface area contributed by atoms with Crippen molar-refractivity contribution in [1.82, 2.24) is 0 Å². The van der Waals surface area contributed by atoms with Crippen molar-refractivity contribution in [3.8, 4) is 0 Å². The molecule has 0 saturated heterocycles. The molecular formula is C22H27O2Si. The van der Waals surface area contributed by atoms with Crippen LogP contribution in [0, 0.1) is 5.92 Å². The topological polar surface area (TPSA) is 37.3 Å². The zero-order chi connectivity index (χ0) is 17.9. The van der Waals surface area contributed by atoms with Crippen molar-refractivity contribution < 1.29 is 9.90 Å². The number of aliphatic carboxylic acids is 1. The van der Waals surface area contributed by atoms with Gasteiger partial charge in [0.2, 0.25) is 0 Å². The second-order valence-corrected chi connectivity index (χ2v) is 7.63. The fraction of sp³-hybridized carbons (Fsp3) is 0.409. The van der Waals surface area contributed by atoms with Gasteiger partial charge in [-0.05, 0) is 41.8 Å². The van der Waals surface area contributed by atoms with Crippen molar-refractivity contribution in [2.24, 2.45) is 5.92 Å². The lowest BCUT2D eigenvalue weighted by Gasteiger charge is -2.21. The molecule has 2 nitrogen and oxygen atoms in total. The Kier molecular flexibility index (Phi) is 8.47. The van der Waals surface area contributed by atoms with Crippen molar-refractivity contribution >= 4 is 16.2 Å². The molecule has 0 aliphatic heterocycles. The molecule has 0 aliphatic carbocycles. The largest absolute Gasteiger partial charge is 0.481 e. The van der Waals surface area contributed by atoms with Crippen molar-refractivity contribution in [3.05, 3.63) is 71.8 Å². The number of hydrogen-bond acceptors (Lipinski definition) is 1. The van der Waals surface area contributed by atoms with Gasteiger partial charge in [-0.3, -0.25) is 4.79 Å². The first-order chi connectivity index (χ1) is 12.1. The van der Waals surface area contributed by atoms with Crippen LogP contribution in [0.25, 0.3) is 0 Å². The van der Waals surface area contributed by atoms with E-state index >= 15 is 0 Å². The molecule has 2 unspecified atom stereocenters. The highest BCUT2D eigenvalue weighted by Crippen LogP contribution is 2.27. The van der Waals surface area contributed by atoms with E-state index in [0.717, 1.165) is 38.5 Å². The molecule has 131 valence electrons. The van der Waals surface area contributed by atoms with Gasteiger partial charge in [-0.15, -0.1) is 0 Å². The summed E-state index contributed by atoms with van der Waals surface area (Å²) in [6, 6.07) is 21.2. The van der Waals surface area contributed by atoms with Crippen LogP contribution in [-0.2, 0) is 17.6 Å². The summed E-state index contributed by atoms with van der Waals surface area (Å²) < 4.78 is 0. The van der Waals surface area contributed by atoms with E-state index in [1.807, 2.05) is 12.1 Å². The maximum Gasteiger partial charge on any atom is 0.303 e. The van der Waals surface area contributed by atoms with Crippen molar-refractivity contribution in [1.29, 1.82) is 0 Å². The fourth-order valence-corrected chi connectivity index (χ4v) is 3.91. The third-order valence-electron chi connectivity index (χ3n) is 4.56. The molecule has 0 saturated carbocycles. The first-order valence-corrected chi connectivity index (χ1v) is 9.72. The molecule has 0 aliphatic rings. The Morgan fingerprint density at radius 1 is 0.880 bits per heavy atom. The van der Waals surface area contributed by atoms with E-state index in [0.29, 0.717) is 11.5 Å². The lowest BCUT2D eigenvalue weighted by atomic mass is 9.88. The van der Waals surface area contributed by atoms with Gasteiger partial charge in [0.1, 0.15) is 0 Å². The van der Waals surface area contributed by atoms with Gasteiger partial charge < -0.3 is 5.11 Å². The molecule has 0 spiro atoms. The van der Waals surface area contributed by atoms with E-state index in [2.05, 4.69) is 58.8 Å². The Morgan fingerprint density at radius 2 is 1.44 bits per heavy atom. The SMILES string of the molecule is O=C(O)CCCCC(Cc1ccccc1)CC([Si])Cc1ccccc1. The minimum atomic E-state index is -0.693. The highest BCUT2D eigenvalue weighted by Gasteiger charge is 2.15. The van der Waals surface area contributed by atoms with E-state index in [-0.39, 0.29) is 6.42 Å². The number of unbranched alkanes of at least 4 members (excludes halogenated alkanes) is 1. The van der Waals surface area contributed by atoms with Crippen molar-refractivity contribution in [2.75, 3.05) is 0 Å². The summed E-state index contributed by atoms with van der Waals surface area (Å²) in [5.41, 5.74) is 3.16. The minimum absolute atomic E-state index is 0.277. The number of rotatable bonds is 11. The third kappa shape index (κ3) is 8.17. The highest BCUT2D eigenvalue weighted by molar-refractivity contribution is 6.11. The predicted octanol–water partition coefficient (Wildman–Crippen LogP) is 5.08. The molecular weight excluding hydrogens is 324 g/mol. The van der Waals surface area contributed by atoms with Gasteiger partial charge in [0.05, 0.1) is 0 Å². The summed E-state index contributed by atoms with van der Waals surface area (Å²) in [7, 11) is 3.92. The first kappa shape index (κ1) is 19.5. The van der Waals surface area contributed by atoms with E-state index < -0.39 is 5.97 Å². The van der Waals surface area contributed by atoms with Crippen LogP contribution in [0.4, 0.5) is 0 Å². The summed E-state index contributed by atoms with van der Waals surface area (Å²) in [5, 5.41) is 8.82. The zero-order valence-corrected chi connectivity index (χ0v) is 15.7.